The minimum absolute atomic E-state index is 0.0518. The molecular weight excluding hydrogens is 468 g/mol. The third-order valence-electron chi connectivity index (χ3n) is 6.43. The predicted molar refractivity (Wildman–Crippen MR) is 142 cm³/mol. The van der Waals surface area contributed by atoms with Gasteiger partial charge in [-0.3, -0.25) is 0 Å². The summed E-state index contributed by atoms with van der Waals surface area (Å²) in [6, 6.07) is 30.2. The van der Waals surface area contributed by atoms with Crippen LogP contribution >= 0.6 is 0 Å². The van der Waals surface area contributed by atoms with E-state index in [0.717, 1.165) is 23.1 Å². The molecule has 1 fully saturated rings. The van der Waals surface area contributed by atoms with Gasteiger partial charge in [-0.1, -0.05) is 97.9 Å². The average Bonchev–Trinajstić information content (AvgIpc) is 2.96. The summed E-state index contributed by atoms with van der Waals surface area (Å²) in [6.07, 6.45) is -0.927. The van der Waals surface area contributed by atoms with Gasteiger partial charge >= 0.3 is 0 Å². The Morgan fingerprint density at radius 2 is 1.08 bits per heavy atom. The highest BCUT2D eigenvalue weighted by atomic mass is 16.7. The van der Waals surface area contributed by atoms with Crippen molar-refractivity contribution in [3.05, 3.63) is 108 Å². The molecule has 1 aliphatic rings. The Hall–Kier alpha value is -2.58. The normalized spacial score (nSPS) is 23.7. The molecule has 3 aromatic carbocycles. The summed E-state index contributed by atoms with van der Waals surface area (Å²) in [5.41, 5.74) is 3.21. The number of hydrogen-bond donors (Lipinski definition) is 1. The van der Waals surface area contributed by atoms with Gasteiger partial charge in [0.15, 0.2) is 6.29 Å². The molecule has 1 saturated heterocycles. The van der Waals surface area contributed by atoms with E-state index in [1.165, 1.54) is 0 Å². The summed E-state index contributed by atoms with van der Waals surface area (Å²) < 4.78 is 32.1. The third-order valence-corrected chi connectivity index (χ3v) is 6.43. The Bertz CT molecular complexity index is 1000. The van der Waals surface area contributed by atoms with Gasteiger partial charge < -0.3 is 28.8 Å². The maximum absolute atomic E-state index is 9.30. The van der Waals surface area contributed by atoms with Crippen LogP contribution in [0.4, 0.5) is 0 Å². The first-order valence-electron chi connectivity index (χ1n) is 13.1. The van der Waals surface area contributed by atoms with Crippen molar-refractivity contribution in [2.24, 2.45) is 0 Å². The van der Waals surface area contributed by atoms with E-state index in [2.05, 4.69) is 19.1 Å². The maximum Gasteiger partial charge on any atom is 0.186 e. The zero-order valence-electron chi connectivity index (χ0n) is 21.5. The van der Waals surface area contributed by atoms with E-state index in [1.54, 1.807) is 0 Å². The molecule has 6 nitrogen and oxygen atoms in total. The Morgan fingerprint density at radius 1 is 0.622 bits per heavy atom. The molecule has 0 saturated carbocycles. The van der Waals surface area contributed by atoms with Gasteiger partial charge in [-0.15, -0.1) is 0 Å². The Morgan fingerprint density at radius 3 is 1.54 bits per heavy atom. The van der Waals surface area contributed by atoms with Crippen molar-refractivity contribution in [3.63, 3.8) is 0 Å². The fourth-order valence-electron chi connectivity index (χ4n) is 4.47. The second-order valence-corrected chi connectivity index (χ2v) is 9.18. The van der Waals surface area contributed by atoms with Crippen molar-refractivity contribution < 1.29 is 28.8 Å². The van der Waals surface area contributed by atoms with Crippen molar-refractivity contribution in [1.29, 1.82) is 0 Å². The second kappa shape index (κ2) is 15.0. The minimum Gasteiger partial charge on any atom is -0.396 e. The summed E-state index contributed by atoms with van der Waals surface area (Å²) >= 11 is 0. The maximum atomic E-state index is 9.30. The highest BCUT2D eigenvalue weighted by Crippen LogP contribution is 2.32. The zero-order chi connectivity index (χ0) is 25.7. The van der Waals surface area contributed by atoms with Crippen LogP contribution in [0.1, 0.15) is 36.5 Å². The van der Waals surface area contributed by atoms with E-state index in [4.69, 9.17) is 23.7 Å². The topological polar surface area (TPSA) is 66.4 Å². The summed E-state index contributed by atoms with van der Waals surface area (Å²) in [5, 5.41) is 9.30. The summed E-state index contributed by atoms with van der Waals surface area (Å²) in [4.78, 5) is 0. The van der Waals surface area contributed by atoms with Crippen LogP contribution in [-0.2, 0) is 43.5 Å². The lowest BCUT2D eigenvalue weighted by molar-refractivity contribution is -0.323. The highest BCUT2D eigenvalue weighted by molar-refractivity contribution is 5.15. The number of benzene rings is 3. The van der Waals surface area contributed by atoms with E-state index >= 15 is 0 Å². The number of ether oxygens (including phenoxy) is 5. The standard InChI is InChI=1S/C31H38O6/c1-2-27-28(34-21-24-13-6-3-7-14-24)29(35-22-25-15-8-4-9-16-25)30(31(37-27)33-20-12-19-32)36-23-26-17-10-5-11-18-26/h3-11,13-18,27-32H,2,12,19-23H2,1H3/t27-,28-,29+,30-,31+/m1/s1. The van der Waals surface area contributed by atoms with Crippen molar-refractivity contribution in [3.8, 4) is 0 Å². The van der Waals surface area contributed by atoms with Gasteiger partial charge in [-0.25, -0.2) is 0 Å². The number of aliphatic hydroxyl groups is 1. The lowest BCUT2D eigenvalue weighted by Crippen LogP contribution is -2.60. The van der Waals surface area contributed by atoms with Gasteiger partial charge in [0.2, 0.25) is 0 Å². The summed E-state index contributed by atoms with van der Waals surface area (Å²) in [6.45, 7) is 3.75. The van der Waals surface area contributed by atoms with Crippen LogP contribution in [-0.4, -0.2) is 49.0 Å². The molecule has 0 spiro atoms. The van der Waals surface area contributed by atoms with Crippen molar-refractivity contribution >= 4 is 0 Å². The fraction of sp³-hybridized carbons (Fsp3) is 0.419. The average molecular weight is 507 g/mol. The molecule has 3 aromatic rings. The monoisotopic (exact) mass is 506 g/mol. The van der Waals surface area contributed by atoms with Crippen LogP contribution in [0, 0.1) is 0 Å². The lowest BCUT2D eigenvalue weighted by Gasteiger charge is -2.46. The SMILES string of the molecule is CC[C@H]1O[C@H](OCCCO)[C@H](OCc2ccccc2)[C@@H](OCc2ccccc2)[C@@H]1OCc1ccccc1. The Labute approximate surface area is 220 Å². The van der Waals surface area contributed by atoms with Crippen LogP contribution in [0.3, 0.4) is 0 Å². The van der Waals surface area contributed by atoms with E-state index in [-0.39, 0.29) is 18.8 Å². The molecule has 0 unspecified atom stereocenters. The lowest BCUT2D eigenvalue weighted by atomic mass is 9.96. The first-order valence-corrected chi connectivity index (χ1v) is 13.1. The van der Waals surface area contributed by atoms with Gasteiger partial charge in [0.25, 0.3) is 0 Å². The second-order valence-electron chi connectivity index (χ2n) is 9.18. The summed E-state index contributed by atoms with van der Waals surface area (Å²) in [5.74, 6) is 0. The van der Waals surface area contributed by atoms with Gasteiger partial charge in [-0.2, -0.15) is 0 Å². The fourth-order valence-corrected chi connectivity index (χ4v) is 4.47. The molecule has 1 N–H and O–H groups in total. The molecule has 4 rings (SSSR count). The molecule has 6 heteroatoms. The highest BCUT2D eigenvalue weighted by Gasteiger charge is 2.48. The molecule has 1 heterocycles. The number of hydrogen-bond acceptors (Lipinski definition) is 6. The zero-order valence-corrected chi connectivity index (χ0v) is 21.5. The molecule has 198 valence electrons. The van der Waals surface area contributed by atoms with Gasteiger partial charge in [-0.05, 0) is 29.5 Å². The predicted octanol–water partition coefficient (Wildman–Crippen LogP) is 5.28. The van der Waals surface area contributed by atoms with Gasteiger partial charge in [0.05, 0.1) is 32.5 Å². The smallest absolute Gasteiger partial charge is 0.186 e. The van der Waals surface area contributed by atoms with Crippen LogP contribution in [0.15, 0.2) is 91.0 Å². The Balaban J connectivity index is 1.58. The van der Waals surface area contributed by atoms with E-state index in [0.29, 0.717) is 32.8 Å². The molecule has 1 aliphatic heterocycles. The molecule has 37 heavy (non-hydrogen) atoms. The molecular formula is C31H38O6. The molecule has 5 atom stereocenters. The van der Waals surface area contributed by atoms with E-state index < -0.39 is 18.5 Å². The summed E-state index contributed by atoms with van der Waals surface area (Å²) in [7, 11) is 0. The van der Waals surface area contributed by atoms with Crippen LogP contribution in [0.5, 0.6) is 0 Å². The van der Waals surface area contributed by atoms with Gasteiger partial charge in [0, 0.05) is 6.61 Å². The minimum atomic E-state index is -0.641. The van der Waals surface area contributed by atoms with E-state index in [1.807, 2.05) is 78.9 Å². The third kappa shape index (κ3) is 8.20. The molecule has 0 bridgehead atoms. The molecule has 0 aromatic heterocycles. The van der Waals surface area contributed by atoms with Crippen LogP contribution in [0.2, 0.25) is 0 Å². The quantitative estimate of drug-likeness (QED) is 0.300. The Kier molecular flexibility index (Phi) is 11.1. The molecule has 0 amide bonds. The molecule has 0 radical (unpaired) electrons. The van der Waals surface area contributed by atoms with Crippen LogP contribution in [0.25, 0.3) is 0 Å². The largest absolute Gasteiger partial charge is 0.396 e. The van der Waals surface area contributed by atoms with Crippen molar-refractivity contribution in [1.82, 2.24) is 0 Å². The van der Waals surface area contributed by atoms with Crippen molar-refractivity contribution in [2.45, 2.75) is 70.3 Å². The van der Waals surface area contributed by atoms with E-state index in [9.17, 15) is 5.11 Å². The van der Waals surface area contributed by atoms with Crippen molar-refractivity contribution in [2.75, 3.05) is 13.2 Å². The number of rotatable bonds is 14. The first kappa shape index (κ1) is 27.5. The number of aliphatic hydroxyl groups excluding tert-OH is 1. The van der Waals surface area contributed by atoms with Gasteiger partial charge in [0.1, 0.15) is 18.3 Å². The first-order chi connectivity index (χ1) is 18.3. The van der Waals surface area contributed by atoms with Crippen LogP contribution < -0.4 is 0 Å². The molecule has 0 aliphatic carbocycles.